The lowest BCUT2D eigenvalue weighted by molar-refractivity contribution is -0.118. The van der Waals surface area contributed by atoms with Crippen molar-refractivity contribution < 1.29 is 38.1 Å². The Bertz CT molecular complexity index is 1630. The van der Waals surface area contributed by atoms with Crippen molar-refractivity contribution in [1.29, 1.82) is 0 Å². The average Bonchev–Trinajstić information content (AvgIpc) is 3.18. The summed E-state index contributed by atoms with van der Waals surface area (Å²) in [5.41, 5.74) is 14.0. The summed E-state index contributed by atoms with van der Waals surface area (Å²) in [7, 11) is 0. The molecule has 1 aliphatic carbocycles. The topological polar surface area (TPSA) is 181 Å². The Morgan fingerprint density at radius 3 is 1.59 bits per heavy atom. The van der Waals surface area contributed by atoms with E-state index in [0.717, 1.165) is 31.2 Å². The van der Waals surface area contributed by atoms with Gasteiger partial charge < -0.3 is 50.6 Å². The summed E-state index contributed by atoms with van der Waals surface area (Å²) in [5.74, 6) is 7.00. The van der Waals surface area contributed by atoms with Crippen molar-refractivity contribution in [2.75, 3.05) is 33.0 Å². The van der Waals surface area contributed by atoms with Gasteiger partial charge in [-0.3, -0.25) is 9.59 Å². The molecule has 2 amide bonds. The van der Waals surface area contributed by atoms with Crippen molar-refractivity contribution in [1.82, 2.24) is 10.6 Å². The van der Waals surface area contributed by atoms with Crippen LogP contribution in [0.5, 0.6) is 23.0 Å². The maximum absolute atomic E-state index is 13.7. The highest BCUT2D eigenvalue weighted by atomic mass is 16.5. The van der Waals surface area contributed by atoms with E-state index in [1.807, 2.05) is 0 Å². The van der Waals surface area contributed by atoms with Gasteiger partial charge in [0.1, 0.15) is 34.6 Å². The zero-order valence-corrected chi connectivity index (χ0v) is 35.3. The molecule has 1 aliphatic rings. The van der Waals surface area contributed by atoms with Gasteiger partial charge in [-0.2, -0.15) is 0 Å². The van der Waals surface area contributed by atoms with Crippen LogP contribution in [0.1, 0.15) is 143 Å². The molecule has 12 nitrogen and oxygen atoms in total. The quantitative estimate of drug-likeness (QED) is 0.0515. The summed E-state index contributed by atoms with van der Waals surface area (Å²) in [6.45, 7) is 5.06. The fourth-order valence-corrected chi connectivity index (χ4v) is 6.84. The number of amides is 2. The third-order valence-electron chi connectivity index (χ3n) is 9.91. The number of unbranched alkanes of at least 4 members (excludes halogenated alkanes) is 6. The van der Waals surface area contributed by atoms with E-state index in [4.69, 9.17) is 43.3 Å². The van der Waals surface area contributed by atoms with E-state index in [-0.39, 0.29) is 41.5 Å². The van der Waals surface area contributed by atoms with Gasteiger partial charge in [0.05, 0.1) is 26.4 Å². The molecule has 1 fully saturated rings. The SMILES string of the molecule is C#CCCCCOc1cc(OCCCCC#C)cc(C(=O)NCCCc2c(OCCCCC(C)=O)cc(C(=O)NC3C[C@@H](N)C[C@@H](N)C3)cc2OCCCCC(C)=O)c1. The molecule has 2 aromatic rings. The third kappa shape index (κ3) is 19.5. The van der Waals surface area contributed by atoms with Crippen LogP contribution in [0.2, 0.25) is 0 Å². The molecule has 59 heavy (non-hydrogen) atoms. The first-order valence-corrected chi connectivity index (χ1v) is 21.3. The first kappa shape index (κ1) is 48.3. The monoisotopic (exact) mass is 814 g/mol. The lowest BCUT2D eigenvalue weighted by Crippen LogP contribution is -2.49. The Labute approximate surface area is 351 Å². The van der Waals surface area contributed by atoms with E-state index in [1.165, 1.54) is 0 Å². The van der Waals surface area contributed by atoms with E-state index in [2.05, 4.69) is 22.5 Å². The number of carbonyl (C=O) groups excluding carboxylic acids is 4. The lowest BCUT2D eigenvalue weighted by atomic mass is 9.88. The van der Waals surface area contributed by atoms with Crippen LogP contribution in [0.15, 0.2) is 30.3 Å². The fraction of sp³-hybridized carbons (Fsp3) is 0.574. The van der Waals surface area contributed by atoms with E-state index >= 15 is 0 Å². The van der Waals surface area contributed by atoms with E-state index < -0.39 is 0 Å². The second kappa shape index (κ2) is 27.6. The van der Waals surface area contributed by atoms with Crippen molar-refractivity contribution in [3.8, 4) is 47.7 Å². The van der Waals surface area contributed by atoms with Gasteiger partial charge in [0.15, 0.2) is 0 Å². The predicted octanol–water partition coefficient (Wildman–Crippen LogP) is 6.63. The minimum atomic E-state index is -0.285. The summed E-state index contributed by atoms with van der Waals surface area (Å²) in [6, 6.07) is 8.30. The van der Waals surface area contributed by atoms with Crippen molar-refractivity contribution in [3.63, 3.8) is 0 Å². The highest BCUT2D eigenvalue weighted by Crippen LogP contribution is 2.33. The Hall–Kier alpha value is -5.04. The summed E-state index contributed by atoms with van der Waals surface area (Å²) in [5, 5.41) is 6.14. The minimum absolute atomic E-state index is 0.0913. The Morgan fingerprint density at radius 2 is 1.10 bits per heavy atom. The molecule has 0 aliphatic heterocycles. The molecule has 1 saturated carbocycles. The standard InChI is InChI=1S/C47H66N4O8/c1-5-7-9-13-22-56-41-26-36(27-42(33-41)57-23-14-10-8-6-2)46(54)50-21-17-20-43-44(58-24-15-11-18-34(3)52)28-37(29-45(43)59-25-16-12-19-35(4)53)47(55)51-40-31-38(48)30-39(49)32-40/h1-2,26-29,33,38-40H,7-25,30-32,48-49H2,3-4H3,(H,50,54)(H,51,55)/t38-,39+,40?. The van der Waals surface area contributed by atoms with Crippen LogP contribution in [0.4, 0.5) is 0 Å². The number of Topliss-reactive ketones (excluding diaryl/α,β-unsaturated/α-hetero) is 2. The van der Waals surface area contributed by atoms with Gasteiger partial charge >= 0.3 is 0 Å². The number of hydrogen-bond acceptors (Lipinski definition) is 10. The first-order chi connectivity index (χ1) is 28.5. The fourth-order valence-electron chi connectivity index (χ4n) is 6.84. The number of nitrogens with two attached hydrogens (primary N) is 2. The molecule has 0 bridgehead atoms. The van der Waals surface area contributed by atoms with Crippen LogP contribution < -0.4 is 41.0 Å². The summed E-state index contributed by atoms with van der Waals surface area (Å²) in [6.07, 6.45) is 21.9. The molecule has 3 atom stereocenters. The zero-order valence-electron chi connectivity index (χ0n) is 35.3. The molecular weight excluding hydrogens is 749 g/mol. The van der Waals surface area contributed by atoms with Crippen LogP contribution in [-0.2, 0) is 16.0 Å². The lowest BCUT2D eigenvalue weighted by Gasteiger charge is -2.31. The molecule has 6 N–H and O–H groups in total. The number of rotatable bonds is 29. The molecular formula is C47H66N4O8. The molecule has 322 valence electrons. The van der Waals surface area contributed by atoms with Crippen molar-refractivity contribution >= 4 is 23.4 Å². The molecule has 0 spiro atoms. The third-order valence-corrected chi connectivity index (χ3v) is 9.91. The molecule has 3 rings (SSSR count). The van der Waals surface area contributed by atoms with Gasteiger partial charge in [-0.25, -0.2) is 0 Å². The second-order valence-corrected chi connectivity index (χ2v) is 15.4. The number of benzene rings is 2. The van der Waals surface area contributed by atoms with E-state index in [0.29, 0.717) is 151 Å². The Kier molecular flexibility index (Phi) is 22.6. The van der Waals surface area contributed by atoms with Crippen LogP contribution >= 0.6 is 0 Å². The van der Waals surface area contributed by atoms with Gasteiger partial charge in [0.25, 0.3) is 11.8 Å². The largest absolute Gasteiger partial charge is 0.493 e. The Balaban J connectivity index is 1.80. The summed E-state index contributed by atoms with van der Waals surface area (Å²) in [4.78, 5) is 50.3. The average molecular weight is 815 g/mol. The molecule has 0 radical (unpaired) electrons. The van der Waals surface area contributed by atoms with Gasteiger partial charge in [0, 0.05) is 73.1 Å². The first-order valence-electron chi connectivity index (χ1n) is 21.3. The van der Waals surface area contributed by atoms with Gasteiger partial charge in [-0.15, -0.1) is 24.7 Å². The molecule has 0 aromatic heterocycles. The second-order valence-electron chi connectivity index (χ2n) is 15.4. The van der Waals surface area contributed by atoms with Crippen LogP contribution in [0, 0.1) is 24.7 Å². The highest BCUT2D eigenvalue weighted by molar-refractivity contribution is 5.96. The maximum atomic E-state index is 13.7. The van der Waals surface area contributed by atoms with Crippen LogP contribution in [0.25, 0.3) is 0 Å². The molecule has 12 heteroatoms. The van der Waals surface area contributed by atoms with Gasteiger partial charge in [0.2, 0.25) is 0 Å². The van der Waals surface area contributed by atoms with Crippen molar-refractivity contribution in [2.24, 2.45) is 11.5 Å². The number of nitrogens with one attached hydrogen (secondary N) is 2. The Morgan fingerprint density at radius 1 is 0.627 bits per heavy atom. The zero-order chi connectivity index (χ0) is 42.8. The molecule has 0 heterocycles. The number of ether oxygens (including phenoxy) is 4. The normalized spacial score (nSPS) is 15.9. The maximum Gasteiger partial charge on any atom is 0.251 e. The summed E-state index contributed by atoms with van der Waals surface area (Å²) < 4.78 is 24.6. The summed E-state index contributed by atoms with van der Waals surface area (Å²) >= 11 is 0. The van der Waals surface area contributed by atoms with E-state index in [9.17, 15) is 19.2 Å². The smallest absolute Gasteiger partial charge is 0.251 e. The predicted molar refractivity (Wildman–Crippen MR) is 231 cm³/mol. The number of carbonyl (C=O) groups is 4. The van der Waals surface area contributed by atoms with Crippen molar-refractivity contribution in [2.45, 2.75) is 141 Å². The number of ketones is 2. The minimum Gasteiger partial charge on any atom is -0.493 e. The molecule has 1 unspecified atom stereocenters. The van der Waals surface area contributed by atoms with Crippen molar-refractivity contribution in [3.05, 3.63) is 47.0 Å². The van der Waals surface area contributed by atoms with Crippen LogP contribution in [0.3, 0.4) is 0 Å². The highest BCUT2D eigenvalue weighted by Gasteiger charge is 2.27. The van der Waals surface area contributed by atoms with Crippen LogP contribution in [-0.4, -0.2) is 74.5 Å². The van der Waals surface area contributed by atoms with Gasteiger partial charge in [-0.05, 0) is 122 Å². The van der Waals surface area contributed by atoms with E-state index in [1.54, 1.807) is 44.2 Å². The molecule has 2 aromatic carbocycles. The van der Waals surface area contributed by atoms with Gasteiger partial charge in [-0.1, -0.05) is 0 Å². The molecule has 0 saturated heterocycles. The number of hydrogen-bond donors (Lipinski definition) is 4. The number of terminal acetylenes is 2.